The Morgan fingerprint density at radius 3 is 2.52 bits per heavy atom. The average molecular weight is 399 g/mol. The van der Waals surface area contributed by atoms with E-state index in [1.165, 1.54) is 22.9 Å². The fraction of sp³-hybridized carbons (Fsp3) is 0.158. The molecule has 6 nitrogen and oxygen atoms in total. The van der Waals surface area contributed by atoms with Crippen molar-refractivity contribution in [1.29, 1.82) is 0 Å². The summed E-state index contributed by atoms with van der Waals surface area (Å²) in [7, 11) is 0. The van der Waals surface area contributed by atoms with E-state index in [0.717, 1.165) is 5.56 Å². The predicted octanol–water partition coefficient (Wildman–Crippen LogP) is 5.35. The second kappa shape index (κ2) is 7.54. The summed E-state index contributed by atoms with van der Waals surface area (Å²) < 4.78 is 11.4. The molecule has 0 unspecified atom stereocenters. The normalized spacial score (nSPS) is 11.1. The molecule has 2 heterocycles. The number of nitrogens with zero attached hydrogens (tertiary/aromatic N) is 4. The van der Waals surface area contributed by atoms with Gasteiger partial charge in [0.15, 0.2) is 0 Å². The van der Waals surface area contributed by atoms with Crippen LogP contribution in [0, 0.1) is 13.8 Å². The number of benzene rings is 2. The van der Waals surface area contributed by atoms with Crippen LogP contribution in [0.4, 0.5) is 0 Å². The van der Waals surface area contributed by atoms with Gasteiger partial charge in [0.2, 0.25) is 17.7 Å². The van der Waals surface area contributed by atoms with Crippen LogP contribution in [0.2, 0.25) is 5.02 Å². The van der Waals surface area contributed by atoms with Crippen molar-refractivity contribution >= 4 is 23.4 Å². The maximum Gasteiger partial charge on any atom is 0.277 e. The second-order valence-electron chi connectivity index (χ2n) is 5.94. The van der Waals surface area contributed by atoms with E-state index in [1.807, 2.05) is 36.4 Å². The molecule has 0 spiro atoms. The van der Waals surface area contributed by atoms with Gasteiger partial charge in [0.25, 0.3) is 5.22 Å². The van der Waals surface area contributed by atoms with Crippen LogP contribution >= 0.6 is 23.4 Å². The lowest BCUT2D eigenvalue weighted by Gasteiger charge is -2.00. The van der Waals surface area contributed by atoms with Crippen LogP contribution in [0.15, 0.2) is 56.5 Å². The van der Waals surface area contributed by atoms with Gasteiger partial charge in [-0.25, -0.2) is 0 Å². The Balaban J connectivity index is 1.45. The van der Waals surface area contributed by atoms with E-state index in [4.69, 9.17) is 20.4 Å². The molecular weight excluding hydrogens is 384 g/mol. The highest BCUT2D eigenvalue weighted by atomic mass is 35.5. The van der Waals surface area contributed by atoms with Crippen LogP contribution in [0.5, 0.6) is 0 Å². The van der Waals surface area contributed by atoms with Crippen molar-refractivity contribution in [2.24, 2.45) is 0 Å². The summed E-state index contributed by atoms with van der Waals surface area (Å²) in [5.74, 6) is 1.76. The van der Waals surface area contributed by atoms with Crippen molar-refractivity contribution < 1.29 is 8.83 Å². The Bertz CT molecular complexity index is 1090. The minimum Gasteiger partial charge on any atom is -0.420 e. The second-order valence-corrected chi connectivity index (χ2v) is 7.28. The number of aryl methyl sites for hydroxylation is 2. The third kappa shape index (κ3) is 3.89. The summed E-state index contributed by atoms with van der Waals surface area (Å²) in [6.45, 7) is 4.12. The minimum atomic E-state index is 0.387. The van der Waals surface area contributed by atoms with Gasteiger partial charge in [-0.3, -0.25) is 0 Å². The van der Waals surface area contributed by atoms with Gasteiger partial charge in [0.05, 0.1) is 16.3 Å². The Morgan fingerprint density at radius 1 is 0.889 bits per heavy atom. The van der Waals surface area contributed by atoms with Crippen LogP contribution in [0.3, 0.4) is 0 Å². The summed E-state index contributed by atoms with van der Waals surface area (Å²) in [6, 6.07) is 13.4. The number of hydrogen-bond donors (Lipinski definition) is 0. The van der Waals surface area contributed by atoms with E-state index in [1.54, 1.807) is 6.07 Å². The molecule has 27 heavy (non-hydrogen) atoms. The van der Waals surface area contributed by atoms with E-state index in [0.29, 0.717) is 39.2 Å². The van der Waals surface area contributed by atoms with Crippen LogP contribution in [-0.2, 0) is 5.75 Å². The molecule has 0 fully saturated rings. The molecule has 0 saturated heterocycles. The van der Waals surface area contributed by atoms with E-state index in [2.05, 4.69) is 34.2 Å². The van der Waals surface area contributed by atoms with Crippen LogP contribution < -0.4 is 0 Å². The smallest absolute Gasteiger partial charge is 0.277 e. The number of thioether (sulfide) groups is 1. The van der Waals surface area contributed by atoms with Crippen molar-refractivity contribution in [1.82, 2.24) is 20.4 Å². The lowest BCUT2D eigenvalue weighted by Crippen LogP contribution is -1.83. The Morgan fingerprint density at radius 2 is 1.70 bits per heavy atom. The minimum absolute atomic E-state index is 0.387. The summed E-state index contributed by atoms with van der Waals surface area (Å²) in [5.41, 5.74) is 4.01. The topological polar surface area (TPSA) is 77.8 Å². The molecule has 0 radical (unpaired) electrons. The molecule has 2 aromatic carbocycles. The molecule has 0 amide bonds. The van der Waals surface area contributed by atoms with Crippen molar-refractivity contribution in [3.8, 4) is 22.9 Å². The first-order valence-corrected chi connectivity index (χ1v) is 9.58. The highest BCUT2D eigenvalue weighted by molar-refractivity contribution is 7.98. The van der Waals surface area contributed by atoms with E-state index in [9.17, 15) is 0 Å². The van der Waals surface area contributed by atoms with Gasteiger partial charge < -0.3 is 8.83 Å². The Labute approximate surface area is 165 Å². The van der Waals surface area contributed by atoms with E-state index < -0.39 is 0 Å². The van der Waals surface area contributed by atoms with Gasteiger partial charge in [0, 0.05) is 5.56 Å². The third-order valence-corrected chi connectivity index (χ3v) is 5.18. The lowest BCUT2D eigenvalue weighted by molar-refractivity contribution is 0.464. The van der Waals surface area contributed by atoms with Gasteiger partial charge >= 0.3 is 0 Å². The molecule has 2 aromatic heterocycles. The number of rotatable bonds is 5. The quantitative estimate of drug-likeness (QED) is 0.419. The highest BCUT2D eigenvalue weighted by Gasteiger charge is 2.14. The zero-order valence-corrected chi connectivity index (χ0v) is 16.2. The molecule has 0 aliphatic carbocycles. The van der Waals surface area contributed by atoms with E-state index in [-0.39, 0.29) is 0 Å². The number of aromatic nitrogens is 4. The first-order valence-electron chi connectivity index (χ1n) is 8.21. The monoisotopic (exact) mass is 398 g/mol. The molecule has 136 valence electrons. The summed E-state index contributed by atoms with van der Waals surface area (Å²) in [6.07, 6.45) is 0. The van der Waals surface area contributed by atoms with Crippen molar-refractivity contribution in [2.45, 2.75) is 24.8 Å². The average Bonchev–Trinajstić information content (AvgIpc) is 3.32. The van der Waals surface area contributed by atoms with Crippen LogP contribution in [0.25, 0.3) is 22.9 Å². The van der Waals surface area contributed by atoms with Crippen molar-refractivity contribution in [3.63, 3.8) is 0 Å². The van der Waals surface area contributed by atoms with Gasteiger partial charge in [-0.15, -0.1) is 20.4 Å². The van der Waals surface area contributed by atoms with Crippen LogP contribution in [-0.4, -0.2) is 20.4 Å². The maximum absolute atomic E-state index is 6.16. The molecule has 8 heteroatoms. The standard InChI is InChI=1S/C19H15ClN4O2S/c1-11-7-8-13(9-12(11)2)17-22-24-19(26-17)27-10-16-21-23-18(25-16)14-5-3-4-6-15(14)20/h3-9H,10H2,1-2H3. The first-order chi connectivity index (χ1) is 13.1. The largest absolute Gasteiger partial charge is 0.420 e. The summed E-state index contributed by atoms with van der Waals surface area (Å²) in [4.78, 5) is 0. The molecule has 4 rings (SSSR count). The molecule has 0 atom stereocenters. The van der Waals surface area contributed by atoms with Gasteiger partial charge in [0.1, 0.15) is 0 Å². The highest BCUT2D eigenvalue weighted by Crippen LogP contribution is 2.29. The van der Waals surface area contributed by atoms with Crippen molar-refractivity contribution in [3.05, 3.63) is 64.5 Å². The van der Waals surface area contributed by atoms with Crippen molar-refractivity contribution in [2.75, 3.05) is 0 Å². The van der Waals surface area contributed by atoms with Gasteiger partial charge in [-0.05, 0) is 49.2 Å². The summed E-state index contributed by atoms with van der Waals surface area (Å²) in [5, 5.41) is 17.3. The zero-order chi connectivity index (χ0) is 18.8. The molecule has 0 aliphatic rings. The molecule has 0 bridgehead atoms. The molecule has 4 aromatic rings. The Kier molecular flexibility index (Phi) is 4.96. The molecule has 0 saturated carbocycles. The van der Waals surface area contributed by atoms with Crippen LogP contribution in [0.1, 0.15) is 17.0 Å². The first kappa shape index (κ1) is 17.8. The third-order valence-electron chi connectivity index (χ3n) is 4.05. The SMILES string of the molecule is Cc1ccc(-c2nnc(SCc3nnc(-c4ccccc4Cl)o3)o2)cc1C. The predicted molar refractivity (Wildman–Crippen MR) is 104 cm³/mol. The number of hydrogen-bond acceptors (Lipinski definition) is 7. The van der Waals surface area contributed by atoms with Gasteiger partial charge in [-0.1, -0.05) is 41.6 Å². The summed E-state index contributed by atoms with van der Waals surface area (Å²) >= 11 is 7.50. The lowest BCUT2D eigenvalue weighted by atomic mass is 10.1. The fourth-order valence-electron chi connectivity index (χ4n) is 2.44. The van der Waals surface area contributed by atoms with E-state index >= 15 is 0 Å². The zero-order valence-electron chi connectivity index (χ0n) is 14.6. The maximum atomic E-state index is 6.16. The molecule has 0 N–H and O–H groups in total. The Hall–Kier alpha value is -2.64. The molecular formula is C19H15ClN4O2S. The van der Waals surface area contributed by atoms with Gasteiger partial charge in [-0.2, -0.15) is 0 Å². The number of halogens is 1. The molecule has 0 aliphatic heterocycles. The fourth-order valence-corrected chi connectivity index (χ4v) is 3.25.